The van der Waals surface area contributed by atoms with Gasteiger partial charge in [-0.25, -0.2) is 0 Å². The van der Waals surface area contributed by atoms with Crippen LogP contribution in [-0.4, -0.2) is 0 Å². The van der Waals surface area contributed by atoms with Gasteiger partial charge in [-0.1, -0.05) is 194 Å². The summed E-state index contributed by atoms with van der Waals surface area (Å²) in [6.45, 7) is 0. The van der Waals surface area contributed by atoms with Crippen molar-refractivity contribution in [2.24, 2.45) is 0 Å². The molecule has 2 heteroatoms. The lowest BCUT2D eigenvalue weighted by Gasteiger charge is -2.41. The zero-order valence-electron chi connectivity index (χ0n) is 33.4. The Labute approximate surface area is 361 Å². The van der Waals surface area contributed by atoms with E-state index in [9.17, 15) is 0 Å². The van der Waals surface area contributed by atoms with Crippen LogP contribution in [0.4, 0.5) is 17.1 Å². The molecular formula is C59H39NS. The molecule has 10 aromatic rings. The van der Waals surface area contributed by atoms with Crippen molar-refractivity contribution in [1.82, 2.24) is 0 Å². The topological polar surface area (TPSA) is 3.24 Å². The first-order valence-electron chi connectivity index (χ1n) is 21.0. The second kappa shape index (κ2) is 14.4. The molecule has 2 aliphatic rings. The molecule has 1 nitrogen and oxygen atoms in total. The minimum Gasteiger partial charge on any atom is -0.311 e. The van der Waals surface area contributed by atoms with Crippen LogP contribution < -0.4 is 4.90 Å². The lowest BCUT2D eigenvalue weighted by molar-refractivity contribution is 0.726. The van der Waals surface area contributed by atoms with Crippen molar-refractivity contribution in [2.75, 3.05) is 4.90 Å². The van der Waals surface area contributed by atoms with Crippen molar-refractivity contribution in [3.05, 3.63) is 259 Å². The third-order valence-corrected chi connectivity index (χ3v) is 13.8. The molecule has 61 heavy (non-hydrogen) atoms. The number of anilines is 3. The predicted octanol–water partition coefficient (Wildman–Crippen LogP) is 16.1. The molecule has 1 heterocycles. The molecule has 1 aliphatic carbocycles. The zero-order chi connectivity index (χ0) is 40.3. The van der Waals surface area contributed by atoms with Gasteiger partial charge in [0.25, 0.3) is 0 Å². The smallest absolute Gasteiger partial charge is 0.0741 e. The zero-order valence-corrected chi connectivity index (χ0v) is 34.2. The van der Waals surface area contributed by atoms with E-state index in [4.69, 9.17) is 0 Å². The van der Waals surface area contributed by atoms with Crippen molar-refractivity contribution in [3.8, 4) is 44.5 Å². The van der Waals surface area contributed by atoms with Gasteiger partial charge in [-0.2, -0.15) is 0 Å². The Morgan fingerprint density at radius 2 is 0.721 bits per heavy atom. The van der Waals surface area contributed by atoms with Gasteiger partial charge in [0, 0.05) is 26.9 Å². The van der Waals surface area contributed by atoms with Crippen LogP contribution in [0.5, 0.6) is 0 Å². The third-order valence-electron chi connectivity index (χ3n) is 12.7. The molecule has 0 bridgehead atoms. The third kappa shape index (κ3) is 5.71. The molecular weight excluding hydrogens is 755 g/mol. The highest BCUT2D eigenvalue weighted by Gasteiger charge is 2.51. The Bertz CT molecular complexity index is 3110. The molecule has 1 spiro atoms. The number of rotatable bonds is 6. The molecule has 0 N–H and O–H groups in total. The fourth-order valence-corrected chi connectivity index (χ4v) is 11.2. The molecule has 0 radical (unpaired) electrons. The minimum atomic E-state index is -0.491. The quantitative estimate of drug-likeness (QED) is 0.165. The first-order valence-corrected chi connectivity index (χ1v) is 21.8. The van der Waals surface area contributed by atoms with Gasteiger partial charge in [0.05, 0.1) is 5.41 Å². The van der Waals surface area contributed by atoms with Crippen molar-refractivity contribution >= 4 is 39.6 Å². The Morgan fingerprint density at radius 3 is 1.26 bits per heavy atom. The summed E-state index contributed by atoms with van der Waals surface area (Å²) in [7, 11) is 0. The highest BCUT2D eigenvalue weighted by atomic mass is 32.2. The van der Waals surface area contributed by atoms with E-state index in [1.54, 1.807) is 0 Å². The van der Waals surface area contributed by atoms with Gasteiger partial charge in [-0.3, -0.25) is 0 Å². The number of nitrogens with zero attached hydrogens (tertiary/aromatic N) is 1. The van der Waals surface area contributed by atoms with Gasteiger partial charge in [0.2, 0.25) is 0 Å². The molecule has 0 amide bonds. The number of benzene rings is 10. The molecule has 0 unspecified atom stereocenters. The summed E-state index contributed by atoms with van der Waals surface area (Å²) in [5.41, 5.74) is 18.1. The maximum atomic E-state index is 2.48. The number of fused-ring (bicyclic) bond motifs is 10. The van der Waals surface area contributed by atoms with E-state index >= 15 is 0 Å². The van der Waals surface area contributed by atoms with Gasteiger partial charge in [-0.15, -0.1) is 0 Å². The first kappa shape index (κ1) is 35.5. The molecule has 0 atom stereocenters. The number of hydrogen-bond donors (Lipinski definition) is 0. The monoisotopic (exact) mass is 793 g/mol. The fraction of sp³-hybridized carbons (Fsp3) is 0.0169. The van der Waals surface area contributed by atoms with Gasteiger partial charge in [0.1, 0.15) is 0 Å². The lowest BCUT2D eigenvalue weighted by atomic mass is 9.65. The first-order chi connectivity index (χ1) is 30.2. The summed E-state index contributed by atoms with van der Waals surface area (Å²) < 4.78 is 0. The normalized spacial score (nSPS) is 13.0. The van der Waals surface area contributed by atoms with Gasteiger partial charge < -0.3 is 4.90 Å². The molecule has 0 fully saturated rings. The largest absolute Gasteiger partial charge is 0.311 e. The maximum absolute atomic E-state index is 2.48. The molecule has 1 aliphatic heterocycles. The second-order valence-electron chi connectivity index (χ2n) is 16.0. The van der Waals surface area contributed by atoms with E-state index < -0.39 is 5.41 Å². The molecule has 0 saturated carbocycles. The SMILES string of the molecule is c1ccc(-c2ccc(N(c3ccc(-c4ccccc4)cc3)c3ccc(-c4cccc5c4C4(c6cc7ccccc7cc6S5)c5ccccc5-c5ccccc54)cc3)cc2)cc1. The molecule has 0 aromatic heterocycles. The van der Waals surface area contributed by atoms with Gasteiger partial charge in [-0.05, 0) is 132 Å². The summed E-state index contributed by atoms with van der Waals surface area (Å²) in [4.78, 5) is 4.99. The molecule has 12 rings (SSSR count). The van der Waals surface area contributed by atoms with Crippen LogP contribution in [0.1, 0.15) is 22.3 Å². The van der Waals surface area contributed by atoms with Crippen LogP contribution in [0.15, 0.2) is 246 Å². The summed E-state index contributed by atoms with van der Waals surface area (Å²) >= 11 is 1.91. The van der Waals surface area contributed by atoms with E-state index in [-0.39, 0.29) is 0 Å². The number of hydrogen-bond acceptors (Lipinski definition) is 2. The summed E-state index contributed by atoms with van der Waals surface area (Å²) in [6, 6.07) is 87.2. The van der Waals surface area contributed by atoms with E-state index in [2.05, 4.69) is 241 Å². The van der Waals surface area contributed by atoms with Crippen molar-refractivity contribution in [1.29, 1.82) is 0 Å². The van der Waals surface area contributed by atoms with Crippen LogP contribution >= 0.6 is 11.8 Å². The van der Waals surface area contributed by atoms with Crippen LogP contribution in [0, 0.1) is 0 Å². The van der Waals surface area contributed by atoms with E-state index in [0.29, 0.717) is 0 Å². The van der Waals surface area contributed by atoms with Gasteiger partial charge >= 0.3 is 0 Å². The minimum absolute atomic E-state index is 0.491. The average Bonchev–Trinajstić information content (AvgIpc) is 3.62. The molecule has 286 valence electrons. The highest BCUT2D eigenvalue weighted by Crippen LogP contribution is 2.64. The van der Waals surface area contributed by atoms with E-state index in [0.717, 1.165) is 17.1 Å². The Hall–Kier alpha value is -7.39. The van der Waals surface area contributed by atoms with Crippen molar-refractivity contribution in [3.63, 3.8) is 0 Å². The fourth-order valence-electron chi connectivity index (χ4n) is 9.99. The van der Waals surface area contributed by atoms with Crippen molar-refractivity contribution < 1.29 is 0 Å². The van der Waals surface area contributed by atoms with Crippen LogP contribution in [-0.2, 0) is 5.41 Å². The molecule has 10 aromatic carbocycles. The second-order valence-corrected chi connectivity index (χ2v) is 17.1. The maximum Gasteiger partial charge on any atom is 0.0741 e. The van der Waals surface area contributed by atoms with Crippen LogP contribution in [0.3, 0.4) is 0 Å². The Balaban J connectivity index is 1.02. The summed E-state index contributed by atoms with van der Waals surface area (Å²) in [5.74, 6) is 0. The predicted molar refractivity (Wildman–Crippen MR) is 256 cm³/mol. The van der Waals surface area contributed by atoms with Gasteiger partial charge in [0.15, 0.2) is 0 Å². The Morgan fingerprint density at radius 1 is 0.295 bits per heavy atom. The summed E-state index contributed by atoms with van der Waals surface area (Å²) in [6.07, 6.45) is 0. The molecule has 0 saturated heterocycles. The average molecular weight is 794 g/mol. The standard InChI is InChI=1S/C59H39NS/c1-3-14-40(15-4-1)42-26-32-47(33-27-42)60(48-34-28-43(29-35-48)41-16-5-2-6-17-41)49-36-30-44(31-37-49)50-22-13-25-56-58(50)59(55-38-45-18-7-8-19-46(45)39-57(55)61-56)53-23-11-9-20-51(53)52-21-10-12-24-54(52)59/h1-39H. The van der Waals surface area contributed by atoms with Crippen molar-refractivity contribution in [2.45, 2.75) is 15.2 Å². The summed E-state index contributed by atoms with van der Waals surface area (Å²) in [5, 5.41) is 2.54. The highest BCUT2D eigenvalue weighted by molar-refractivity contribution is 7.99. The van der Waals surface area contributed by atoms with E-state index in [1.807, 2.05) is 11.8 Å². The lowest BCUT2D eigenvalue weighted by Crippen LogP contribution is -2.32. The van der Waals surface area contributed by atoms with Crippen LogP contribution in [0.2, 0.25) is 0 Å². The van der Waals surface area contributed by atoms with E-state index in [1.165, 1.54) is 87.3 Å². The van der Waals surface area contributed by atoms with Crippen LogP contribution in [0.25, 0.3) is 55.3 Å². The Kier molecular flexibility index (Phi) is 8.40.